The van der Waals surface area contributed by atoms with Crippen molar-refractivity contribution in [2.45, 2.75) is 135 Å². The van der Waals surface area contributed by atoms with Crippen LogP contribution in [0.2, 0.25) is 10.0 Å². The first kappa shape index (κ1) is 41.3. The van der Waals surface area contributed by atoms with Crippen LogP contribution in [0.5, 0.6) is 5.75 Å². The molecule has 51 heavy (non-hydrogen) atoms. The minimum atomic E-state index is -0.230. The number of hydrogen-bond acceptors (Lipinski definition) is 6. The van der Waals surface area contributed by atoms with Gasteiger partial charge in [-0.25, -0.2) is 0 Å². The number of carbonyl (C=O) groups excluding carboxylic acids is 2. The third kappa shape index (κ3) is 14.8. The van der Waals surface area contributed by atoms with Gasteiger partial charge < -0.3 is 14.4 Å². The predicted molar refractivity (Wildman–Crippen MR) is 213 cm³/mol. The summed E-state index contributed by atoms with van der Waals surface area (Å²) in [5, 5.41) is 1.23. The Morgan fingerprint density at radius 1 is 0.725 bits per heavy atom. The van der Waals surface area contributed by atoms with E-state index in [1.807, 2.05) is 36.4 Å². The summed E-state index contributed by atoms with van der Waals surface area (Å²) in [6, 6.07) is 11.8. The second-order valence-electron chi connectivity index (χ2n) is 14.4. The summed E-state index contributed by atoms with van der Waals surface area (Å²) in [4.78, 5) is 31.8. The lowest BCUT2D eigenvalue weighted by atomic mass is 10.0. The first-order valence-electron chi connectivity index (χ1n) is 20.1. The van der Waals surface area contributed by atoms with Gasteiger partial charge in [-0.15, -0.1) is 0 Å². The Hall–Kier alpha value is -2.48. The van der Waals surface area contributed by atoms with Gasteiger partial charge >= 0.3 is 5.97 Å². The van der Waals surface area contributed by atoms with E-state index in [-0.39, 0.29) is 18.6 Å². The number of ether oxygens (including phenoxy) is 2. The standard InChI is InChI=1S/C42H63Cl2N3O4/c1-2-3-4-5-6-7-8-9-10-11-12-13-14-15-16-22-41(49)51-34-47-39-33-36(25-23-35(39)24-26-40(47)48)50-32-18-17-27-45-28-30-46(31-29-45)38-21-19-20-37(43)42(38)44/h19-21,23,25,33H,2-18,22,24,26-32,34H2,1H3. The molecule has 0 N–H and O–H groups in total. The number of halogens is 2. The maximum absolute atomic E-state index is 12.8. The van der Waals surface area contributed by atoms with Crippen LogP contribution in [0.3, 0.4) is 0 Å². The van der Waals surface area contributed by atoms with Crippen LogP contribution in [0.15, 0.2) is 36.4 Å². The third-order valence-corrected chi connectivity index (χ3v) is 11.2. The van der Waals surface area contributed by atoms with Crippen LogP contribution in [0.4, 0.5) is 11.4 Å². The van der Waals surface area contributed by atoms with E-state index in [4.69, 9.17) is 32.7 Å². The molecule has 2 aliphatic heterocycles. The molecule has 2 aromatic rings. The van der Waals surface area contributed by atoms with Crippen LogP contribution in [-0.2, 0) is 20.7 Å². The second-order valence-corrected chi connectivity index (χ2v) is 15.2. The van der Waals surface area contributed by atoms with Gasteiger partial charge in [-0.1, -0.05) is 132 Å². The molecule has 9 heteroatoms. The molecule has 284 valence electrons. The Balaban J connectivity index is 1.04. The van der Waals surface area contributed by atoms with Crippen molar-refractivity contribution >= 4 is 46.5 Å². The molecule has 7 nitrogen and oxygen atoms in total. The molecular weight excluding hydrogens is 681 g/mol. The monoisotopic (exact) mass is 743 g/mol. The summed E-state index contributed by atoms with van der Waals surface area (Å²) >= 11 is 12.6. The zero-order valence-electron chi connectivity index (χ0n) is 31.3. The van der Waals surface area contributed by atoms with E-state index in [0.29, 0.717) is 35.9 Å². The number of nitrogens with zero attached hydrogens (tertiary/aromatic N) is 3. The highest BCUT2D eigenvalue weighted by molar-refractivity contribution is 6.43. The quantitative estimate of drug-likeness (QED) is 0.0745. The Kier molecular flexibility index (Phi) is 19.4. The molecule has 1 fully saturated rings. The van der Waals surface area contributed by atoms with E-state index in [0.717, 1.165) is 81.1 Å². The molecule has 0 atom stereocenters. The molecule has 2 heterocycles. The lowest BCUT2D eigenvalue weighted by Gasteiger charge is -2.36. The van der Waals surface area contributed by atoms with Gasteiger partial charge in [-0.05, 0) is 56.0 Å². The Bertz CT molecular complexity index is 1320. The molecule has 0 aliphatic carbocycles. The van der Waals surface area contributed by atoms with E-state index in [2.05, 4.69) is 16.7 Å². The highest BCUT2D eigenvalue weighted by Gasteiger charge is 2.26. The van der Waals surface area contributed by atoms with Crippen molar-refractivity contribution in [3.8, 4) is 5.75 Å². The zero-order valence-corrected chi connectivity index (χ0v) is 32.8. The summed E-state index contributed by atoms with van der Waals surface area (Å²) in [6.45, 7) is 7.70. The van der Waals surface area contributed by atoms with Crippen molar-refractivity contribution < 1.29 is 19.1 Å². The largest absolute Gasteiger partial charge is 0.494 e. The number of fused-ring (bicyclic) bond motifs is 1. The highest BCUT2D eigenvalue weighted by Crippen LogP contribution is 2.33. The summed E-state index contributed by atoms with van der Waals surface area (Å²) in [7, 11) is 0. The lowest BCUT2D eigenvalue weighted by molar-refractivity contribution is -0.144. The van der Waals surface area contributed by atoms with Crippen LogP contribution in [0.1, 0.15) is 134 Å². The second kappa shape index (κ2) is 24.0. The number of hydrogen-bond donors (Lipinski definition) is 0. The molecule has 0 bridgehead atoms. The minimum absolute atomic E-state index is 0.0165. The van der Waals surface area contributed by atoms with Crippen LogP contribution >= 0.6 is 23.2 Å². The summed E-state index contributed by atoms with van der Waals surface area (Å²) < 4.78 is 11.7. The number of piperazine rings is 1. The van der Waals surface area contributed by atoms with E-state index in [9.17, 15) is 9.59 Å². The first-order valence-corrected chi connectivity index (χ1v) is 20.8. The fraction of sp³-hybridized carbons (Fsp3) is 0.667. The van der Waals surface area contributed by atoms with Gasteiger partial charge in [0.2, 0.25) is 5.91 Å². The van der Waals surface area contributed by atoms with Crippen LogP contribution < -0.4 is 14.5 Å². The molecule has 0 radical (unpaired) electrons. The number of aryl methyl sites for hydroxylation is 1. The Labute approximate surface area is 318 Å². The smallest absolute Gasteiger partial charge is 0.307 e. The highest BCUT2D eigenvalue weighted by atomic mass is 35.5. The van der Waals surface area contributed by atoms with Crippen molar-refractivity contribution in [2.24, 2.45) is 0 Å². The van der Waals surface area contributed by atoms with Crippen LogP contribution in [0.25, 0.3) is 0 Å². The molecule has 4 rings (SSSR count). The average Bonchev–Trinajstić information content (AvgIpc) is 3.14. The van der Waals surface area contributed by atoms with E-state index in [1.54, 1.807) is 4.90 Å². The Morgan fingerprint density at radius 2 is 1.37 bits per heavy atom. The van der Waals surface area contributed by atoms with Gasteiger partial charge in [-0.2, -0.15) is 0 Å². The molecule has 2 aromatic carbocycles. The fourth-order valence-electron chi connectivity index (χ4n) is 7.17. The number of amides is 1. The summed E-state index contributed by atoms with van der Waals surface area (Å²) in [5.74, 6) is 0.494. The molecule has 0 aromatic heterocycles. The normalized spacial score (nSPS) is 14.9. The van der Waals surface area contributed by atoms with E-state index in [1.165, 1.54) is 83.5 Å². The lowest BCUT2D eigenvalue weighted by Crippen LogP contribution is -2.46. The van der Waals surface area contributed by atoms with E-state index < -0.39 is 0 Å². The van der Waals surface area contributed by atoms with Crippen molar-refractivity contribution in [3.05, 3.63) is 52.0 Å². The Morgan fingerprint density at radius 3 is 2.04 bits per heavy atom. The number of benzene rings is 2. The number of esters is 1. The fourth-order valence-corrected chi connectivity index (χ4v) is 7.59. The van der Waals surface area contributed by atoms with Crippen molar-refractivity contribution in [1.29, 1.82) is 0 Å². The number of rotatable bonds is 25. The zero-order chi connectivity index (χ0) is 36.1. The number of carbonyl (C=O) groups is 2. The van der Waals surface area contributed by atoms with E-state index >= 15 is 0 Å². The maximum atomic E-state index is 12.8. The van der Waals surface area contributed by atoms with Gasteiger partial charge in [0.25, 0.3) is 0 Å². The number of unbranched alkanes of at least 4 members (excludes halogenated alkanes) is 15. The van der Waals surface area contributed by atoms with Gasteiger partial charge in [-0.3, -0.25) is 19.4 Å². The maximum Gasteiger partial charge on any atom is 0.307 e. The summed E-state index contributed by atoms with van der Waals surface area (Å²) in [5.41, 5.74) is 2.89. The molecule has 0 saturated carbocycles. The molecule has 1 amide bonds. The van der Waals surface area contributed by atoms with Crippen molar-refractivity contribution in [2.75, 3.05) is 55.9 Å². The average molecular weight is 745 g/mol. The summed E-state index contributed by atoms with van der Waals surface area (Å²) in [6.07, 6.45) is 22.9. The predicted octanol–water partition coefficient (Wildman–Crippen LogP) is 11.0. The molecular formula is C42H63Cl2N3O4. The topological polar surface area (TPSA) is 62.3 Å². The third-order valence-electron chi connectivity index (χ3n) is 10.4. The van der Waals surface area contributed by atoms with Crippen molar-refractivity contribution in [3.63, 3.8) is 0 Å². The van der Waals surface area contributed by atoms with Gasteiger partial charge in [0.15, 0.2) is 6.73 Å². The molecule has 2 aliphatic rings. The van der Waals surface area contributed by atoms with Crippen molar-refractivity contribution in [1.82, 2.24) is 4.90 Å². The van der Waals surface area contributed by atoms with Gasteiger partial charge in [0.05, 0.1) is 28.0 Å². The van der Waals surface area contributed by atoms with Gasteiger partial charge in [0, 0.05) is 45.1 Å². The number of anilines is 2. The molecule has 1 saturated heterocycles. The van der Waals surface area contributed by atoms with Gasteiger partial charge in [0.1, 0.15) is 5.75 Å². The minimum Gasteiger partial charge on any atom is -0.494 e. The first-order chi connectivity index (χ1) is 25.0. The SMILES string of the molecule is CCCCCCCCCCCCCCCCCC(=O)OCN1C(=O)CCc2ccc(OCCCCN3CCN(c4cccc(Cl)c4Cl)CC3)cc21. The van der Waals surface area contributed by atoms with Crippen LogP contribution in [0, 0.1) is 0 Å². The molecule has 0 spiro atoms. The molecule has 0 unspecified atom stereocenters. The van der Waals surface area contributed by atoms with Crippen LogP contribution in [-0.4, -0.2) is 62.8 Å².